The minimum Gasteiger partial charge on any atom is -0.357 e. The highest BCUT2D eigenvalue weighted by molar-refractivity contribution is 6.33. The average Bonchev–Trinajstić information content (AvgIpc) is 2.38. The summed E-state index contributed by atoms with van der Waals surface area (Å²) < 4.78 is 0. The van der Waals surface area contributed by atoms with Gasteiger partial charge in [-0.05, 0) is 24.6 Å². The largest absolute Gasteiger partial charge is 0.357 e. The number of nitrogens with zero attached hydrogens (tertiary/aromatic N) is 3. The van der Waals surface area contributed by atoms with Crippen molar-refractivity contribution in [2.75, 3.05) is 24.3 Å². The molecule has 0 unspecified atom stereocenters. The summed E-state index contributed by atoms with van der Waals surface area (Å²) in [7, 11) is 3.71. The molecule has 18 heavy (non-hydrogen) atoms. The van der Waals surface area contributed by atoms with E-state index in [2.05, 4.69) is 34.3 Å². The van der Waals surface area contributed by atoms with E-state index in [0.717, 1.165) is 5.69 Å². The number of rotatable bonds is 3. The van der Waals surface area contributed by atoms with Gasteiger partial charge in [0.05, 0.1) is 6.20 Å². The predicted molar refractivity (Wildman–Crippen MR) is 75.8 cm³/mol. The predicted octanol–water partition coefficient (Wildman–Crippen LogP) is 3.25. The zero-order chi connectivity index (χ0) is 13.1. The van der Waals surface area contributed by atoms with Crippen LogP contribution in [0.1, 0.15) is 5.56 Å². The monoisotopic (exact) mass is 262 g/mol. The normalized spacial score (nSPS) is 10.2. The van der Waals surface area contributed by atoms with E-state index in [0.29, 0.717) is 16.8 Å². The second kappa shape index (κ2) is 5.23. The molecule has 1 heterocycles. The maximum Gasteiger partial charge on any atom is 0.224 e. The Kier molecular flexibility index (Phi) is 3.67. The molecule has 0 aliphatic carbocycles. The molecule has 0 bridgehead atoms. The van der Waals surface area contributed by atoms with Gasteiger partial charge in [-0.15, -0.1) is 0 Å². The van der Waals surface area contributed by atoms with Crippen molar-refractivity contribution in [3.05, 3.63) is 41.0 Å². The fraction of sp³-hybridized carbons (Fsp3) is 0.231. The van der Waals surface area contributed by atoms with Crippen LogP contribution in [0.4, 0.5) is 17.5 Å². The van der Waals surface area contributed by atoms with Crippen LogP contribution < -0.4 is 10.2 Å². The van der Waals surface area contributed by atoms with Gasteiger partial charge in [-0.1, -0.05) is 23.7 Å². The number of aromatic nitrogens is 2. The van der Waals surface area contributed by atoms with E-state index >= 15 is 0 Å². The van der Waals surface area contributed by atoms with Gasteiger partial charge in [0.1, 0.15) is 5.02 Å². The molecule has 0 saturated carbocycles. The van der Waals surface area contributed by atoms with E-state index < -0.39 is 0 Å². The van der Waals surface area contributed by atoms with Gasteiger partial charge in [-0.2, -0.15) is 4.98 Å². The van der Waals surface area contributed by atoms with E-state index in [-0.39, 0.29) is 0 Å². The van der Waals surface area contributed by atoms with Crippen LogP contribution in [0.25, 0.3) is 0 Å². The van der Waals surface area contributed by atoms with Gasteiger partial charge < -0.3 is 10.2 Å². The van der Waals surface area contributed by atoms with Crippen molar-refractivity contribution in [3.63, 3.8) is 0 Å². The Bertz CT molecular complexity index is 556. The summed E-state index contributed by atoms with van der Waals surface area (Å²) in [5.41, 5.74) is 2.23. The highest BCUT2D eigenvalue weighted by Crippen LogP contribution is 2.29. The Balaban J connectivity index is 2.41. The average molecular weight is 263 g/mol. The van der Waals surface area contributed by atoms with Crippen molar-refractivity contribution >= 4 is 29.1 Å². The number of halogens is 1. The van der Waals surface area contributed by atoms with Crippen molar-refractivity contribution in [2.24, 2.45) is 0 Å². The van der Waals surface area contributed by atoms with Crippen molar-refractivity contribution in [1.29, 1.82) is 0 Å². The lowest BCUT2D eigenvalue weighted by atomic mass is 10.2. The highest BCUT2D eigenvalue weighted by Gasteiger charge is 2.11. The summed E-state index contributed by atoms with van der Waals surface area (Å²) in [6, 6.07) is 8.16. The molecular formula is C13H15ClN4. The summed E-state index contributed by atoms with van der Waals surface area (Å²) in [6.07, 6.45) is 1.60. The molecule has 94 valence electrons. The lowest BCUT2D eigenvalue weighted by molar-refractivity contribution is 1.07. The number of benzene rings is 1. The van der Waals surface area contributed by atoms with Gasteiger partial charge in [0, 0.05) is 19.8 Å². The van der Waals surface area contributed by atoms with E-state index in [9.17, 15) is 0 Å². The Labute approximate surface area is 112 Å². The van der Waals surface area contributed by atoms with Gasteiger partial charge in [0.2, 0.25) is 5.95 Å². The van der Waals surface area contributed by atoms with Gasteiger partial charge in [0.25, 0.3) is 0 Å². The molecule has 4 nitrogen and oxygen atoms in total. The van der Waals surface area contributed by atoms with Crippen LogP contribution in [-0.2, 0) is 0 Å². The van der Waals surface area contributed by atoms with Crippen molar-refractivity contribution in [3.8, 4) is 0 Å². The third-order valence-corrected chi connectivity index (χ3v) is 2.92. The van der Waals surface area contributed by atoms with Crippen molar-refractivity contribution < 1.29 is 0 Å². The Morgan fingerprint density at radius 3 is 2.78 bits per heavy atom. The number of hydrogen-bond acceptors (Lipinski definition) is 4. The van der Waals surface area contributed by atoms with Crippen LogP contribution in [0.2, 0.25) is 5.02 Å². The first-order chi connectivity index (χ1) is 8.61. The third-order valence-electron chi connectivity index (χ3n) is 2.66. The molecular weight excluding hydrogens is 248 g/mol. The quantitative estimate of drug-likeness (QED) is 0.922. The van der Waals surface area contributed by atoms with Crippen LogP contribution in [0.3, 0.4) is 0 Å². The van der Waals surface area contributed by atoms with Crippen LogP contribution in [0.5, 0.6) is 0 Å². The van der Waals surface area contributed by atoms with Crippen molar-refractivity contribution in [1.82, 2.24) is 9.97 Å². The lowest BCUT2D eigenvalue weighted by Crippen LogP contribution is -2.13. The molecule has 0 fully saturated rings. The van der Waals surface area contributed by atoms with Gasteiger partial charge in [-0.3, -0.25) is 0 Å². The standard InChI is InChI=1S/C13H15ClN4/c1-9-5-4-6-10(7-9)18(3)12-11(14)8-16-13(15-2)17-12/h4-8H,1-3H3,(H,15,16,17). The first-order valence-corrected chi connectivity index (χ1v) is 6.00. The summed E-state index contributed by atoms with van der Waals surface area (Å²) >= 11 is 6.14. The molecule has 2 rings (SSSR count). The Hall–Kier alpha value is -1.81. The number of nitrogens with one attached hydrogen (secondary N) is 1. The summed E-state index contributed by atoms with van der Waals surface area (Å²) in [6.45, 7) is 2.05. The van der Waals surface area contributed by atoms with Crippen LogP contribution in [0.15, 0.2) is 30.5 Å². The molecule has 0 spiro atoms. The molecule has 1 N–H and O–H groups in total. The molecule has 1 aromatic heterocycles. The molecule has 5 heteroatoms. The van der Waals surface area contributed by atoms with Gasteiger partial charge in [-0.25, -0.2) is 4.98 Å². The molecule has 0 radical (unpaired) electrons. The van der Waals surface area contributed by atoms with Crippen LogP contribution in [0, 0.1) is 6.92 Å². The topological polar surface area (TPSA) is 41.1 Å². The summed E-state index contributed by atoms with van der Waals surface area (Å²) in [4.78, 5) is 10.4. The van der Waals surface area contributed by atoms with E-state index in [1.807, 2.05) is 24.1 Å². The fourth-order valence-corrected chi connectivity index (χ4v) is 1.89. The van der Waals surface area contributed by atoms with Gasteiger partial charge >= 0.3 is 0 Å². The van der Waals surface area contributed by atoms with E-state index in [1.165, 1.54) is 5.56 Å². The van der Waals surface area contributed by atoms with E-state index in [1.54, 1.807) is 13.2 Å². The molecule has 0 aliphatic heterocycles. The number of hydrogen-bond donors (Lipinski definition) is 1. The Morgan fingerprint density at radius 2 is 2.11 bits per heavy atom. The summed E-state index contributed by atoms with van der Waals surface area (Å²) in [5, 5.41) is 3.43. The molecule has 2 aromatic rings. The van der Waals surface area contributed by atoms with E-state index in [4.69, 9.17) is 11.6 Å². The van der Waals surface area contributed by atoms with Crippen molar-refractivity contribution in [2.45, 2.75) is 6.92 Å². The zero-order valence-electron chi connectivity index (χ0n) is 10.6. The first-order valence-electron chi connectivity index (χ1n) is 5.62. The maximum atomic E-state index is 6.14. The highest BCUT2D eigenvalue weighted by atomic mass is 35.5. The molecule has 0 aliphatic rings. The molecule has 1 aromatic carbocycles. The number of anilines is 3. The maximum absolute atomic E-state index is 6.14. The lowest BCUT2D eigenvalue weighted by Gasteiger charge is -2.20. The third kappa shape index (κ3) is 2.54. The molecule has 0 atom stereocenters. The minimum absolute atomic E-state index is 0.526. The first kappa shape index (κ1) is 12.6. The molecule has 0 amide bonds. The molecule has 0 saturated heterocycles. The Morgan fingerprint density at radius 1 is 1.33 bits per heavy atom. The zero-order valence-corrected chi connectivity index (χ0v) is 11.4. The SMILES string of the molecule is CNc1ncc(Cl)c(N(C)c2cccc(C)c2)n1. The minimum atomic E-state index is 0.526. The second-order valence-corrected chi connectivity index (χ2v) is 4.42. The van der Waals surface area contributed by atoms with Gasteiger partial charge in [0.15, 0.2) is 5.82 Å². The smallest absolute Gasteiger partial charge is 0.224 e. The second-order valence-electron chi connectivity index (χ2n) is 4.01. The van der Waals surface area contributed by atoms with Crippen LogP contribution >= 0.6 is 11.6 Å². The van der Waals surface area contributed by atoms with Crippen LogP contribution in [-0.4, -0.2) is 24.1 Å². The summed E-state index contributed by atoms with van der Waals surface area (Å²) in [5.74, 6) is 1.23. The number of aryl methyl sites for hydroxylation is 1. The fourth-order valence-electron chi connectivity index (χ4n) is 1.67.